The highest BCUT2D eigenvalue weighted by Crippen LogP contribution is 2.19. The molecule has 11 heteroatoms. The third kappa shape index (κ3) is 5.69. The van der Waals surface area contributed by atoms with Gasteiger partial charge in [0.05, 0.1) is 15.8 Å². The highest BCUT2D eigenvalue weighted by molar-refractivity contribution is 7.92. The Morgan fingerprint density at radius 1 is 0.906 bits per heavy atom. The maximum absolute atomic E-state index is 13.0. The van der Waals surface area contributed by atoms with E-state index in [1.807, 2.05) is 0 Å². The molecule has 0 heterocycles. The summed E-state index contributed by atoms with van der Waals surface area (Å²) in [5.74, 6) is -1.02. The lowest BCUT2D eigenvalue weighted by molar-refractivity contribution is 0.0939. The Hall–Kier alpha value is -3.28. The molecule has 0 aliphatic carbocycles. The number of anilines is 1. The molecule has 0 fully saturated rings. The van der Waals surface area contributed by atoms with E-state index < -0.39 is 37.8 Å². The summed E-state index contributed by atoms with van der Waals surface area (Å²) in [4.78, 5) is 12.5. The number of benzene rings is 3. The Labute approximate surface area is 185 Å². The zero-order chi connectivity index (χ0) is 23.5. The molecular weight excluding hydrogens is 457 g/mol. The zero-order valence-electron chi connectivity index (χ0n) is 16.8. The van der Waals surface area contributed by atoms with Gasteiger partial charge in [0, 0.05) is 11.3 Å². The first kappa shape index (κ1) is 23.4. The van der Waals surface area contributed by atoms with E-state index in [2.05, 4.69) is 10.0 Å². The molecule has 0 spiro atoms. The predicted molar refractivity (Wildman–Crippen MR) is 117 cm³/mol. The summed E-state index contributed by atoms with van der Waals surface area (Å²) < 4.78 is 63.3. The normalized spacial score (nSPS) is 12.7. The summed E-state index contributed by atoms with van der Waals surface area (Å²) >= 11 is 0. The number of amides is 1. The SMILES string of the molecule is CC(NC(=O)c1cccc(S(=O)(=O)Nc2ccc(F)cc2)c1)c1ccc(S(N)(=O)=O)cc1. The number of halogens is 1. The van der Waals surface area contributed by atoms with Crippen LogP contribution in [0.2, 0.25) is 0 Å². The third-order valence-corrected chi connectivity index (χ3v) is 6.87. The van der Waals surface area contributed by atoms with Gasteiger partial charge in [0.1, 0.15) is 5.82 Å². The van der Waals surface area contributed by atoms with Gasteiger partial charge in [-0.3, -0.25) is 9.52 Å². The minimum absolute atomic E-state index is 0.0497. The number of rotatable bonds is 7. The number of hydrogen-bond acceptors (Lipinski definition) is 5. The fourth-order valence-corrected chi connectivity index (χ4v) is 4.47. The van der Waals surface area contributed by atoms with Gasteiger partial charge in [-0.25, -0.2) is 26.4 Å². The lowest BCUT2D eigenvalue weighted by Gasteiger charge is -2.15. The fourth-order valence-electron chi connectivity index (χ4n) is 2.85. The van der Waals surface area contributed by atoms with Crippen molar-refractivity contribution < 1.29 is 26.0 Å². The van der Waals surface area contributed by atoms with Crippen LogP contribution in [0.4, 0.5) is 10.1 Å². The van der Waals surface area contributed by atoms with Crippen molar-refractivity contribution in [2.45, 2.75) is 22.8 Å². The van der Waals surface area contributed by atoms with Crippen molar-refractivity contribution in [2.75, 3.05) is 4.72 Å². The quantitative estimate of drug-likeness (QED) is 0.481. The minimum atomic E-state index is -4.00. The maximum Gasteiger partial charge on any atom is 0.261 e. The van der Waals surface area contributed by atoms with Crippen LogP contribution < -0.4 is 15.2 Å². The van der Waals surface area contributed by atoms with Crippen LogP contribution in [0.25, 0.3) is 0 Å². The molecule has 0 aromatic heterocycles. The summed E-state index contributed by atoms with van der Waals surface area (Å²) in [5, 5.41) is 7.80. The fraction of sp³-hybridized carbons (Fsp3) is 0.0952. The number of hydrogen-bond donors (Lipinski definition) is 3. The van der Waals surface area contributed by atoms with Crippen molar-refractivity contribution in [1.29, 1.82) is 0 Å². The molecule has 32 heavy (non-hydrogen) atoms. The van der Waals surface area contributed by atoms with Crippen molar-refractivity contribution in [2.24, 2.45) is 5.14 Å². The summed E-state index contributed by atoms with van der Waals surface area (Å²) in [7, 11) is -7.83. The summed E-state index contributed by atoms with van der Waals surface area (Å²) in [5.41, 5.74) is 0.922. The number of carbonyl (C=O) groups is 1. The standard InChI is InChI=1S/C21H20FN3O5S2/c1-14(15-5-11-19(12-6-15)31(23,27)28)24-21(26)16-3-2-4-20(13-16)32(29,30)25-18-9-7-17(22)8-10-18/h2-14,25H,1H3,(H,24,26)(H2,23,27,28). The molecular formula is C21H20FN3O5S2. The van der Waals surface area contributed by atoms with Gasteiger partial charge in [-0.05, 0) is 67.1 Å². The average molecular weight is 478 g/mol. The Morgan fingerprint density at radius 2 is 1.53 bits per heavy atom. The molecule has 3 rings (SSSR count). The van der Waals surface area contributed by atoms with E-state index in [-0.39, 0.29) is 21.0 Å². The molecule has 1 atom stereocenters. The van der Waals surface area contributed by atoms with Crippen LogP contribution in [-0.2, 0) is 20.0 Å². The van der Waals surface area contributed by atoms with Gasteiger partial charge in [0.15, 0.2) is 0 Å². The molecule has 168 valence electrons. The molecule has 0 saturated carbocycles. The van der Waals surface area contributed by atoms with Gasteiger partial charge in [-0.2, -0.15) is 0 Å². The second-order valence-corrected chi connectivity index (χ2v) is 10.2. The van der Waals surface area contributed by atoms with Crippen molar-refractivity contribution in [3.05, 3.63) is 89.7 Å². The van der Waals surface area contributed by atoms with E-state index in [1.54, 1.807) is 6.92 Å². The zero-order valence-corrected chi connectivity index (χ0v) is 18.5. The number of carbonyl (C=O) groups excluding carboxylic acids is 1. The van der Waals surface area contributed by atoms with Crippen LogP contribution in [-0.4, -0.2) is 22.7 Å². The maximum atomic E-state index is 13.0. The Balaban J connectivity index is 1.75. The minimum Gasteiger partial charge on any atom is -0.346 e. The molecule has 8 nitrogen and oxygen atoms in total. The molecule has 3 aromatic carbocycles. The van der Waals surface area contributed by atoms with Gasteiger partial charge in [0.25, 0.3) is 15.9 Å². The average Bonchev–Trinajstić information content (AvgIpc) is 2.75. The summed E-state index contributed by atoms with van der Waals surface area (Å²) in [6.07, 6.45) is 0. The van der Waals surface area contributed by atoms with E-state index in [9.17, 15) is 26.0 Å². The Morgan fingerprint density at radius 3 is 2.12 bits per heavy atom. The number of nitrogens with one attached hydrogen (secondary N) is 2. The molecule has 0 bridgehead atoms. The summed E-state index contributed by atoms with van der Waals surface area (Å²) in [6.45, 7) is 1.69. The molecule has 1 unspecified atom stereocenters. The highest BCUT2D eigenvalue weighted by atomic mass is 32.2. The van der Waals surface area contributed by atoms with Gasteiger partial charge in [0.2, 0.25) is 10.0 Å². The van der Waals surface area contributed by atoms with Crippen LogP contribution in [0.15, 0.2) is 82.6 Å². The lowest BCUT2D eigenvalue weighted by Crippen LogP contribution is -2.27. The first-order valence-corrected chi connectivity index (χ1v) is 12.3. The smallest absolute Gasteiger partial charge is 0.261 e. The van der Waals surface area contributed by atoms with Crippen molar-refractivity contribution in [3.63, 3.8) is 0 Å². The Bertz CT molecular complexity index is 1340. The first-order valence-electron chi connectivity index (χ1n) is 9.28. The van der Waals surface area contributed by atoms with Crippen LogP contribution in [0, 0.1) is 5.82 Å². The monoisotopic (exact) mass is 477 g/mol. The van der Waals surface area contributed by atoms with Crippen molar-refractivity contribution in [1.82, 2.24) is 5.32 Å². The van der Waals surface area contributed by atoms with Gasteiger partial charge in [-0.15, -0.1) is 0 Å². The van der Waals surface area contributed by atoms with Gasteiger partial charge < -0.3 is 5.32 Å². The molecule has 0 radical (unpaired) electrons. The lowest BCUT2D eigenvalue weighted by atomic mass is 10.1. The summed E-state index contributed by atoms with van der Waals surface area (Å²) in [6, 6.07) is 15.5. The van der Waals surface area contributed by atoms with E-state index in [0.29, 0.717) is 5.56 Å². The first-order chi connectivity index (χ1) is 15.0. The molecule has 0 aliphatic heterocycles. The van der Waals surface area contributed by atoms with Crippen LogP contribution >= 0.6 is 0 Å². The highest BCUT2D eigenvalue weighted by Gasteiger charge is 2.18. The second-order valence-electron chi connectivity index (χ2n) is 6.95. The van der Waals surface area contributed by atoms with Crippen molar-refractivity contribution >= 4 is 31.6 Å². The largest absolute Gasteiger partial charge is 0.346 e. The van der Waals surface area contributed by atoms with Gasteiger partial charge in [-0.1, -0.05) is 18.2 Å². The second kappa shape index (κ2) is 9.07. The van der Waals surface area contributed by atoms with Crippen molar-refractivity contribution in [3.8, 4) is 0 Å². The third-order valence-electron chi connectivity index (χ3n) is 4.56. The molecule has 3 aromatic rings. The predicted octanol–water partition coefficient (Wildman–Crippen LogP) is 2.76. The number of sulfonamides is 2. The molecule has 4 N–H and O–H groups in total. The number of primary sulfonamides is 1. The topological polar surface area (TPSA) is 135 Å². The molecule has 0 saturated heterocycles. The Kier molecular flexibility index (Phi) is 6.63. The van der Waals surface area contributed by atoms with E-state index in [0.717, 1.165) is 12.1 Å². The van der Waals surface area contributed by atoms with Crippen LogP contribution in [0.5, 0.6) is 0 Å². The van der Waals surface area contributed by atoms with E-state index in [4.69, 9.17) is 5.14 Å². The molecule has 1 amide bonds. The molecule has 0 aliphatic rings. The van der Waals surface area contributed by atoms with Crippen LogP contribution in [0.1, 0.15) is 28.9 Å². The van der Waals surface area contributed by atoms with Crippen LogP contribution in [0.3, 0.4) is 0 Å². The van der Waals surface area contributed by atoms with E-state index >= 15 is 0 Å². The van der Waals surface area contributed by atoms with E-state index in [1.165, 1.54) is 60.7 Å². The van der Waals surface area contributed by atoms with Gasteiger partial charge >= 0.3 is 0 Å². The number of nitrogens with two attached hydrogens (primary N) is 1.